The van der Waals surface area contributed by atoms with Gasteiger partial charge in [-0.15, -0.1) is 0 Å². The molecule has 0 unspecified atom stereocenters. The standard InChI is InChI=1S/C12H16N4O/c13-5-2-6-14-11-8-15-16-12(11)9-3-1-4-10(17)7-9/h1,3-4,7-8,14,17H,2,5-6,13H2,(H,15,16). The van der Waals surface area contributed by atoms with Gasteiger partial charge in [0.05, 0.1) is 17.6 Å². The lowest BCUT2D eigenvalue weighted by Crippen LogP contribution is -2.08. The Kier molecular flexibility index (Phi) is 3.62. The molecular weight excluding hydrogens is 216 g/mol. The van der Waals surface area contributed by atoms with Crippen LogP contribution >= 0.6 is 0 Å². The first-order valence-electron chi connectivity index (χ1n) is 5.58. The molecule has 0 aliphatic rings. The van der Waals surface area contributed by atoms with Gasteiger partial charge in [0.25, 0.3) is 0 Å². The van der Waals surface area contributed by atoms with E-state index in [0.29, 0.717) is 6.54 Å². The molecule has 1 aromatic carbocycles. The Balaban J connectivity index is 2.18. The zero-order valence-electron chi connectivity index (χ0n) is 9.48. The molecular formula is C12H16N4O. The van der Waals surface area contributed by atoms with Crippen molar-refractivity contribution in [2.75, 3.05) is 18.4 Å². The van der Waals surface area contributed by atoms with Gasteiger partial charge >= 0.3 is 0 Å². The maximum atomic E-state index is 9.45. The summed E-state index contributed by atoms with van der Waals surface area (Å²) in [6.07, 6.45) is 2.64. The molecule has 1 aromatic heterocycles. The Morgan fingerprint density at radius 3 is 3.06 bits per heavy atom. The van der Waals surface area contributed by atoms with Crippen molar-refractivity contribution in [2.24, 2.45) is 5.73 Å². The van der Waals surface area contributed by atoms with Gasteiger partial charge in [-0.05, 0) is 25.1 Å². The molecule has 0 aliphatic carbocycles. The summed E-state index contributed by atoms with van der Waals surface area (Å²) in [4.78, 5) is 0. The Bertz CT molecular complexity index is 481. The number of nitrogens with two attached hydrogens (primary N) is 1. The minimum absolute atomic E-state index is 0.241. The van der Waals surface area contributed by atoms with Crippen LogP contribution in [0.4, 0.5) is 5.69 Å². The summed E-state index contributed by atoms with van der Waals surface area (Å²) < 4.78 is 0. The largest absolute Gasteiger partial charge is 0.508 e. The molecule has 0 bridgehead atoms. The van der Waals surface area contributed by atoms with Crippen LogP contribution < -0.4 is 11.1 Å². The van der Waals surface area contributed by atoms with Crippen LogP contribution in [0.25, 0.3) is 11.3 Å². The highest BCUT2D eigenvalue weighted by atomic mass is 16.3. The lowest BCUT2D eigenvalue weighted by Gasteiger charge is -2.06. The minimum atomic E-state index is 0.241. The average molecular weight is 232 g/mol. The summed E-state index contributed by atoms with van der Waals surface area (Å²) in [6, 6.07) is 7.06. The van der Waals surface area contributed by atoms with Crippen molar-refractivity contribution in [2.45, 2.75) is 6.42 Å². The number of hydrogen-bond donors (Lipinski definition) is 4. The van der Waals surface area contributed by atoms with E-state index in [4.69, 9.17) is 5.73 Å². The van der Waals surface area contributed by atoms with E-state index in [-0.39, 0.29) is 5.75 Å². The first-order chi connectivity index (χ1) is 8.31. The first kappa shape index (κ1) is 11.5. The molecule has 5 N–H and O–H groups in total. The van der Waals surface area contributed by atoms with Gasteiger partial charge in [0.2, 0.25) is 0 Å². The maximum absolute atomic E-state index is 9.45. The molecule has 5 heteroatoms. The molecule has 0 saturated heterocycles. The predicted molar refractivity (Wildman–Crippen MR) is 67.8 cm³/mol. The molecule has 0 aliphatic heterocycles. The second kappa shape index (κ2) is 5.36. The maximum Gasteiger partial charge on any atom is 0.116 e. The quantitative estimate of drug-likeness (QED) is 0.589. The van der Waals surface area contributed by atoms with Gasteiger partial charge in [-0.3, -0.25) is 5.10 Å². The SMILES string of the molecule is NCCCNc1cn[nH]c1-c1cccc(O)c1. The van der Waals surface area contributed by atoms with Gasteiger partial charge in [0, 0.05) is 12.1 Å². The number of phenolic OH excluding ortho intramolecular Hbond substituents is 1. The molecule has 0 saturated carbocycles. The van der Waals surface area contributed by atoms with Crippen molar-refractivity contribution in [3.8, 4) is 17.0 Å². The number of H-pyrrole nitrogens is 1. The van der Waals surface area contributed by atoms with E-state index >= 15 is 0 Å². The topological polar surface area (TPSA) is 87.0 Å². The number of phenols is 1. The summed E-state index contributed by atoms with van der Waals surface area (Å²) >= 11 is 0. The van der Waals surface area contributed by atoms with Crippen molar-refractivity contribution < 1.29 is 5.11 Å². The van der Waals surface area contributed by atoms with E-state index in [9.17, 15) is 5.11 Å². The van der Waals surface area contributed by atoms with Crippen LogP contribution in [0.5, 0.6) is 5.75 Å². The Labute approximate surface area is 99.7 Å². The fourth-order valence-electron chi connectivity index (χ4n) is 1.63. The zero-order valence-corrected chi connectivity index (χ0v) is 9.48. The van der Waals surface area contributed by atoms with E-state index in [1.807, 2.05) is 6.07 Å². The van der Waals surface area contributed by atoms with Crippen molar-refractivity contribution in [1.82, 2.24) is 10.2 Å². The Morgan fingerprint density at radius 1 is 1.41 bits per heavy atom. The van der Waals surface area contributed by atoms with Gasteiger partial charge in [-0.25, -0.2) is 0 Å². The van der Waals surface area contributed by atoms with Crippen LogP contribution in [0, 0.1) is 0 Å². The first-order valence-corrected chi connectivity index (χ1v) is 5.58. The number of aromatic amines is 1. The fourth-order valence-corrected chi connectivity index (χ4v) is 1.63. The lowest BCUT2D eigenvalue weighted by atomic mass is 10.1. The smallest absolute Gasteiger partial charge is 0.116 e. The average Bonchev–Trinajstić information content (AvgIpc) is 2.78. The summed E-state index contributed by atoms with van der Waals surface area (Å²) in [5.74, 6) is 0.241. The molecule has 0 amide bonds. The number of aromatic nitrogens is 2. The third-order valence-corrected chi connectivity index (χ3v) is 2.47. The highest BCUT2D eigenvalue weighted by Gasteiger charge is 2.07. The molecule has 1 heterocycles. The number of nitrogens with one attached hydrogen (secondary N) is 2. The van der Waals surface area contributed by atoms with Gasteiger partial charge in [0.15, 0.2) is 0 Å². The van der Waals surface area contributed by atoms with Crippen molar-refractivity contribution >= 4 is 5.69 Å². The predicted octanol–water partition coefficient (Wildman–Crippen LogP) is 1.54. The van der Waals surface area contributed by atoms with Crippen molar-refractivity contribution in [1.29, 1.82) is 0 Å². The second-order valence-electron chi connectivity index (χ2n) is 3.78. The lowest BCUT2D eigenvalue weighted by molar-refractivity contribution is 0.475. The molecule has 0 fully saturated rings. The minimum Gasteiger partial charge on any atom is -0.508 e. The third kappa shape index (κ3) is 2.76. The molecule has 5 nitrogen and oxygen atoms in total. The highest BCUT2D eigenvalue weighted by Crippen LogP contribution is 2.27. The Morgan fingerprint density at radius 2 is 2.29 bits per heavy atom. The second-order valence-corrected chi connectivity index (χ2v) is 3.78. The van der Waals surface area contributed by atoms with Gasteiger partial charge in [-0.2, -0.15) is 5.10 Å². The number of nitrogens with zero attached hydrogens (tertiary/aromatic N) is 1. The van der Waals surface area contributed by atoms with E-state index < -0.39 is 0 Å². The van der Waals surface area contributed by atoms with Gasteiger partial charge in [-0.1, -0.05) is 12.1 Å². The van der Waals surface area contributed by atoms with E-state index in [0.717, 1.165) is 29.9 Å². The van der Waals surface area contributed by atoms with Crippen LogP contribution in [0.2, 0.25) is 0 Å². The molecule has 0 radical (unpaired) electrons. The highest BCUT2D eigenvalue weighted by molar-refractivity contribution is 5.74. The van der Waals surface area contributed by atoms with E-state index in [2.05, 4.69) is 15.5 Å². The summed E-state index contributed by atoms with van der Waals surface area (Å²) in [5, 5.41) is 19.6. The van der Waals surface area contributed by atoms with Crippen LogP contribution in [0.3, 0.4) is 0 Å². The third-order valence-electron chi connectivity index (χ3n) is 2.47. The Hall–Kier alpha value is -2.01. The number of benzene rings is 1. The van der Waals surface area contributed by atoms with Crippen LogP contribution in [-0.4, -0.2) is 28.4 Å². The molecule has 17 heavy (non-hydrogen) atoms. The summed E-state index contributed by atoms with van der Waals surface area (Å²) in [7, 11) is 0. The number of rotatable bonds is 5. The van der Waals surface area contributed by atoms with Crippen LogP contribution in [0.1, 0.15) is 6.42 Å². The summed E-state index contributed by atoms with van der Waals surface area (Å²) in [5.41, 5.74) is 8.13. The van der Waals surface area contributed by atoms with Crippen LogP contribution in [0.15, 0.2) is 30.5 Å². The molecule has 90 valence electrons. The van der Waals surface area contributed by atoms with Gasteiger partial charge < -0.3 is 16.2 Å². The van der Waals surface area contributed by atoms with Gasteiger partial charge in [0.1, 0.15) is 5.75 Å². The van der Waals surface area contributed by atoms with E-state index in [1.165, 1.54) is 0 Å². The number of aromatic hydroxyl groups is 1. The monoisotopic (exact) mass is 232 g/mol. The normalized spacial score (nSPS) is 10.4. The molecule has 2 rings (SSSR count). The van der Waals surface area contributed by atoms with Crippen molar-refractivity contribution in [3.05, 3.63) is 30.5 Å². The van der Waals surface area contributed by atoms with Crippen LogP contribution in [-0.2, 0) is 0 Å². The van der Waals surface area contributed by atoms with E-state index in [1.54, 1.807) is 24.4 Å². The molecule has 2 aromatic rings. The summed E-state index contributed by atoms with van der Waals surface area (Å²) in [6.45, 7) is 1.47. The van der Waals surface area contributed by atoms with Crippen molar-refractivity contribution in [3.63, 3.8) is 0 Å². The number of hydrogen-bond acceptors (Lipinski definition) is 4. The molecule has 0 spiro atoms. The molecule has 0 atom stereocenters. The zero-order chi connectivity index (χ0) is 12.1. The fraction of sp³-hybridized carbons (Fsp3) is 0.250. The number of anilines is 1.